The minimum Gasteiger partial charge on any atom is -0.459 e. The average Bonchev–Trinajstić information content (AvgIpc) is 3.57. The highest BCUT2D eigenvalue weighted by molar-refractivity contribution is 7.08. The van der Waals surface area contributed by atoms with Gasteiger partial charge in [0.2, 0.25) is 0 Å². The minimum atomic E-state index is -1.51. The summed E-state index contributed by atoms with van der Waals surface area (Å²) in [4.78, 5) is 25.5. The molecule has 0 aliphatic carbocycles. The number of halogens is 1. The van der Waals surface area contributed by atoms with Crippen molar-refractivity contribution in [1.82, 2.24) is 19.5 Å². The molecule has 8 nitrogen and oxygen atoms in total. The van der Waals surface area contributed by atoms with Gasteiger partial charge in [0.1, 0.15) is 36.4 Å². The largest absolute Gasteiger partial charge is 0.459 e. The molecule has 0 spiro atoms. The first-order valence-electron chi connectivity index (χ1n) is 10.3. The molecule has 1 aliphatic rings. The summed E-state index contributed by atoms with van der Waals surface area (Å²) >= 11 is 1.56. The predicted molar refractivity (Wildman–Crippen MR) is 120 cm³/mol. The van der Waals surface area contributed by atoms with Crippen LogP contribution < -0.4 is 0 Å². The van der Waals surface area contributed by atoms with Gasteiger partial charge >= 0.3 is 5.97 Å². The van der Waals surface area contributed by atoms with Gasteiger partial charge in [0.05, 0.1) is 11.9 Å². The molecule has 0 radical (unpaired) electrons. The van der Waals surface area contributed by atoms with Crippen LogP contribution >= 0.6 is 11.3 Å². The van der Waals surface area contributed by atoms with Gasteiger partial charge in [-0.25, -0.2) is 24.1 Å². The van der Waals surface area contributed by atoms with E-state index in [1.165, 1.54) is 13.4 Å². The number of thiophene rings is 1. The SMILES string of the molecule is CO[C@@H]1[C@H](F)[C@@H](COC(=O)c2ccc(C)cc2)O[C@H]1n1cnc2c(-c3ccsc3)ncnc21. The van der Waals surface area contributed by atoms with Crippen molar-refractivity contribution in [3.63, 3.8) is 0 Å². The zero-order chi connectivity index (χ0) is 22.9. The molecule has 10 heteroatoms. The summed E-state index contributed by atoms with van der Waals surface area (Å²) in [5.41, 5.74) is 4.12. The monoisotopic (exact) mass is 468 g/mol. The highest BCUT2D eigenvalue weighted by Crippen LogP contribution is 2.36. The van der Waals surface area contributed by atoms with Crippen molar-refractivity contribution < 1.29 is 23.4 Å². The Morgan fingerprint density at radius 2 is 2.03 bits per heavy atom. The van der Waals surface area contributed by atoms with Crippen LogP contribution in [0.2, 0.25) is 0 Å². The van der Waals surface area contributed by atoms with E-state index in [0.29, 0.717) is 22.4 Å². The van der Waals surface area contributed by atoms with E-state index in [1.807, 2.05) is 35.9 Å². The summed E-state index contributed by atoms with van der Waals surface area (Å²) < 4.78 is 33.5. The number of hydrogen-bond donors (Lipinski definition) is 0. The van der Waals surface area contributed by atoms with Gasteiger partial charge in [-0.05, 0) is 30.5 Å². The summed E-state index contributed by atoms with van der Waals surface area (Å²) in [6, 6.07) is 8.92. The molecule has 4 atom stereocenters. The van der Waals surface area contributed by atoms with Crippen molar-refractivity contribution >= 4 is 28.5 Å². The molecular weight excluding hydrogens is 447 g/mol. The fraction of sp³-hybridized carbons (Fsp3) is 0.304. The van der Waals surface area contributed by atoms with Crippen molar-refractivity contribution in [3.8, 4) is 11.3 Å². The number of nitrogens with zero attached hydrogens (tertiary/aromatic N) is 4. The Labute approximate surface area is 193 Å². The van der Waals surface area contributed by atoms with Crippen LogP contribution in [-0.2, 0) is 14.2 Å². The lowest BCUT2D eigenvalue weighted by atomic mass is 10.1. The first kappa shape index (κ1) is 21.6. The highest BCUT2D eigenvalue weighted by Gasteiger charge is 2.47. The molecule has 0 unspecified atom stereocenters. The van der Waals surface area contributed by atoms with E-state index in [1.54, 1.807) is 34.4 Å². The molecule has 0 bridgehead atoms. The van der Waals surface area contributed by atoms with Crippen molar-refractivity contribution in [3.05, 3.63) is 64.9 Å². The van der Waals surface area contributed by atoms with Gasteiger partial charge in [0, 0.05) is 18.1 Å². The van der Waals surface area contributed by atoms with Crippen LogP contribution in [-0.4, -0.2) is 57.6 Å². The molecule has 0 saturated carbocycles. The Bertz CT molecular complexity index is 1260. The summed E-state index contributed by atoms with van der Waals surface area (Å²) in [5, 5.41) is 3.93. The number of fused-ring (bicyclic) bond motifs is 1. The Hall–Kier alpha value is -3.21. The topological polar surface area (TPSA) is 88.4 Å². The molecule has 170 valence electrons. The second-order valence-electron chi connectivity index (χ2n) is 7.73. The number of methoxy groups -OCH3 is 1. The molecule has 0 N–H and O–H groups in total. The smallest absolute Gasteiger partial charge is 0.338 e. The average molecular weight is 469 g/mol. The van der Waals surface area contributed by atoms with Crippen molar-refractivity contribution in [2.24, 2.45) is 0 Å². The Morgan fingerprint density at radius 1 is 1.21 bits per heavy atom. The van der Waals surface area contributed by atoms with Gasteiger partial charge in [0.25, 0.3) is 0 Å². The quantitative estimate of drug-likeness (QED) is 0.396. The maximum Gasteiger partial charge on any atom is 0.338 e. The lowest BCUT2D eigenvalue weighted by Crippen LogP contribution is -2.32. The number of benzene rings is 1. The molecule has 4 aromatic rings. The first-order valence-corrected chi connectivity index (χ1v) is 11.3. The summed E-state index contributed by atoms with van der Waals surface area (Å²) in [6.45, 7) is 1.68. The maximum absolute atomic E-state index is 15.2. The molecule has 1 fully saturated rings. The van der Waals surface area contributed by atoms with Crippen molar-refractivity contribution in [2.45, 2.75) is 31.5 Å². The van der Waals surface area contributed by atoms with Crippen molar-refractivity contribution in [2.75, 3.05) is 13.7 Å². The third kappa shape index (κ3) is 4.01. The molecule has 0 amide bonds. The summed E-state index contributed by atoms with van der Waals surface area (Å²) in [5.74, 6) is -0.538. The van der Waals surface area contributed by atoms with E-state index in [9.17, 15) is 4.79 Å². The van der Waals surface area contributed by atoms with Gasteiger partial charge in [-0.3, -0.25) is 4.57 Å². The molecule has 1 saturated heterocycles. The first-order chi connectivity index (χ1) is 16.1. The maximum atomic E-state index is 15.2. The van der Waals surface area contributed by atoms with Crippen LogP contribution in [0.3, 0.4) is 0 Å². The van der Waals surface area contributed by atoms with E-state index in [-0.39, 0.29) is 6.61 Å². The van der Waals surface area contributed by atoms with Crippen LogP contribution in [0.15, 0.2) is 53.7 Å². The molecule has 33 heavy (non-hydrogen) atoms. The Morgan fingerprint density at radius 3 is 2.76 bits per heavy atom. The number of ether oxygens (including phenoxy) is 3. The highest BCUT2D eigenvalue weighted by atomic mass is 32.1. The Balaban J connectivity index is 1.37. The van der Waals surface area contributed by atoms with Gasteiger partial charge in [-0.1, -0.05) is 17.7 Å². The fourth-order valence-corrected chi connectivity index (χ4v) is 4.52. The molecule has 4 heterocycles. The molecule has 1 aliphatic heterocycles. The summed E-state index contributed by atoms with van der Waals surface area (Å²) in [7, 11) is 1.42. The zero-order valence-corrected chi connectivity index (χ0v) is 18.7. The third-order valence-corrected chi connectivity index (χ3v) is 6.31. The standard InChI is InChI=1S/C23H21FN4O4S/c1-13-3-5-14(6-4-13)23(29)31-9-16-17(24)20(30-2)22(32-16)28-12-27-19-18(15-7-8-33-10-15)25-11-26-21(19)28/h3-8,10-12,16-17,20,22H,9H2,1-2H3/t16-,17-,20-,22-/m1/s1. The molecule has 1 aromatic carbocycles. The number of hydrogen-bond acceptors (Lipinski definition) is 8. The molecule has 5 rings (SSSR count). The van der Waals surface area contributed by atoms with Crippen molar-refractivity contribution in [1.29, 1.82) is 0 Å². The van der Waals surface area contributed by atoms with Crippen LogP contribution in [0, 0.1) is 6.92 Å². The van der Waals surface area contributed by atoms with E-state index in [0.717, 1.165) is 11.1 Å². The van der Waals surface area contributed by atoms with Crippen LogP contribution in [0.1, 0.15) is 22.1 Å². The molecule has 3 aromatic heterocycles. The lowest BCUT2D eigenvalue weighted by Gasteiger charge is -2.19. The van der Waals surface area contributed by atoms with Gasteiger partial charge in [-0.15, -0.1) is 0 Å². The number of aromatic nitrogens is 4. The zero-order valence-electron chi connectivity index (χ0n) is 17.9. The number of imidazole rings is 1. The molecular formula is C23H21FN4O4S. The lowest BCUT2D eigenvalue weighted by molar-refractivity contribution is -0.0616. The minimum absolute atomic E-state index is 0.244. The van der Waals surface area contributed by atoms with Crippen LogP contribution in [0.25, 0.3) is 22.4 Å². The van der Waals surface area contributed by atoms with Crippen LogP contribution in [0.4, 0.5) is 4.39 Å². The number of carbonyl (C=O) groups is 1. The summed E-state index contributed by atoms with van der Waals surface area (Å²) in [6.07, 6.45) is -1.28. The number of esters is 1. The van der Waals surface area contributed by atoms with Gasteiger partial charge in [0.15, 0.2) is 18.0 Å². The van der Waals surface area contributed by atoms with Gasteiger partial charge in [-0.2, -0.15) is 11.3 Å². The second kappa shape index (κ2) is 8.97. The van der Waals surface area contributed by atoms with Gasteiger partial charge < -0.3 is 14.2 Å². The van der Waals surface area contributed by atoms with E-state index in [2.05, 4.69) is 15.0 Å². The second-order valence-corrected chi connectivity index (χ2v) is 8.51. The number of carbonyl (C=O) groups excluding carboxylic acids is 1. The number of aryl methyl sites for hydroxylation is 1. The third-order valence-electron chi connectivity index (χ3n) is 5.63. The van der Waals surface area contributed by atoms with Crippen LogP contribution in [0.5, 0.6) is 0 Å². The number of rotatable bonds is 6. The normalized spacial score (nSPS) is 22.6. The van der Waals surface area contributed by atoms with E-state index >= 15 is 4.39 Å². The van der Waals surface area contributed by atoms with E-state index in [4.69, 9.17) is 14.2 Å². The van der Waals surface area contributed by atoms with E-state index < -0.39 is 30.6 Å². The fourth-order valence-electron chi connectivity index (χ4n) is 3.88. The number of alkyl halides is 1. The predicted octanol–water partition coefficient (Wildman–Crippen LogP) is 3.97. The Kier molecular flexibility index (Phi) is 5.88.